The molecule has 2 atom stereocenters. The molecule has 0 N–H and O–H groups in total. The molecular formula is C22H28NO4PS. The maximum Gasteiger partial charge on any atom is 0.336 e. The van der Waals surface area contributed by atoms with Crippen molar-refractivity contribution in [1.29, 1.82) is 0 Å². The molecule has 1 heterocycles. The summed E-state index contributed by atoms with van der Waals surface area (Å²) in [4.78, 5) is 13.6. The van der Waals surface area contributed by atoms with Crippen molar-refractivity contribution in [2.45, 2.75) is 40.0 Å². The summed E-state index contributed by atoms with van der Waals surface area (Å²) in [5.41, 5.74) is 2.74. The lowest BCUT2D eigenvalue weighted by Crippen LogP contribution is -2.23. The zero-order valence-corrected chi connectivity index (χ0v) is 19.1. The van der Waals surface area contributed by atoms with Crippen molar-refractivity contribution in [2.75, 3.05) is 19.7 Å². The molecule has 1 aliphatic rings. The summed E-state index contributed by atoms with van der Waals surface area (Å²) >= 11 is 0.847. The van der Waals surface area contributed by atoms with Gasteiger partial charge in [-0.25, -0.2) is 4.67 Å². The standard InChI is InChI=1S/C22H28NO4PS/c1-5-16-12-11-15-19-20(16)21(17-13-9-10-14-18(17)27-19)22(24)29-28(25,26-8-4)23(6-2)7-3/h9-15,21H,5-8H2,1-4H3. The summed E-state index contributed by atoms with van der Waals surface area (Å²) in [6.45, 7) is 5.76. The van der Waals surface area contributed by atoms with Gasteiger partial charge < -0.3 is 9.26 Å². The van der Waals surface area contributed by atoms with E-state index >= 15 is 0 Å². The Labute approximate surface area is 177 Å². The molecule has 2 unspecified atom stereocenters. The van der Waals surface area contributed by atoms with E-state index in [0.717, 1.165) is 34.5 Å². The quantitative estimate of drug-likeness (QED) is 0.460. The van der Waals surface area contributed by atoms with Gasteiger partial charge in [0.2, 0.25) is 5.12 Å². The Bertz CT molecular complexity index is 929. The highest BCUT2D eigenvalue weighted by Gasteiger charge is 2.41. The van der Waals surface area contributed by atoms with Gasteiger partial charge in [0.05, 0.1) is 12.5 Å². The Hall–Kier alpha value is -1.59. The third kappa shape index (κ3) is 4.31. The van der Waals surface area contributed by atoms with Gasteiger partial charge in [-0.05, 0) is 31.0 Å². The molecule has 7 heteroatoms. The third-order valence-electron chi connectivity index (χ3n) is 5.09. The second kappa shape index (κ2) is 9.48. The van der Waals surface area contributed by atoms with Gasteiger partial charge >= 0.3 is 6.72 Å². The van der Waals surface area contributed by atoms with Crippen molar-refractivity contribution < 1.29 is 18.6 Å². The molecule has 0 spiro atoms. The Kier molecular flexibility index (Phi) is 7.23. The van der Waals surface area contributed by atoms with Gasteiger partial charge in [0.15, 0.2) is 0 Å². The topological polar surface area (TPSA) is 55.8 Å². The van der Waals surface area contributed by atoms with E-state index in [4.69, 9.17) is 9.26 Å². The van der Waals surface area contributed by atoms with E-state index in [1.54, 1.807) is 11.6 Å². The Morgan fingerprint density at radius 2 is 1.76 bits per heavy atom. The van der Waals surface area contributed by atoms with Crippen LogP contribution in [0.2, 0.25) is 0 Å². The van der Waals surface area contributed by atoms with Crippen LogP contribution in [0, 0.1) is 0 Å². The molecule has 0 amide bonds. The van der Waals surface area contributed by atoms with Crippen molar-refractivity contribution >= 4 is 23.2 Å². The van der Waals surface area contributed by atoms with Crippen molar-refractivity contribution in [3.8, 4) is 11.5 Å². The average Bonchev–Trinajstić information content (AvgIpc) is 2.72. The minimum absolute atomic E-state index is 0.174. The molecule has 0 aliphatic carbocycles. The van der Waals surface area contributed by atoms with Crippen LogP contribution in [-0.4, -0.2) is 29.5 Å². The molecule has 2 aromatic carbocycles. The SMILES string of the molecule is CCOP(=O)(SC(=O)C1c2ccccc2Oc2cccc(CC)c21)N(CC)CC. The van der Waals surface area contributed by atoms with Gasteiger partial charge in [-0.2, -0.15) is 0 Å². The predicted molar refractivity (Wildman–Crippen MR) is 119 cm³/mol. The number of fused-ring (bicyclic) bond motifs is 2. The molecule has 0 radical (unpaired) electrons. The number of hydrogen-bond donors (Lipinski definition) is 0. The number of rotatable bonds is 8. The van der Waals surface area contributed by atoms with Crippen molar-refractivity contribution in [3.63, 3.8) is 0 Å². The molecule has 0 fully saturated rings. The summed E-state index contributed by atoms with van der Waals surface area (Å²) in [5, 5.41) is -0.174. The Morgan fingerprint density at radius 3 is 2.41 bits per heavy atom. The van der Waals surface area contributed by atoms with Crippen LogP contribution in [0.25, 0.3) is 0 Å². The van der Waals surface area contributed by atoms with E-state index in [0.29, 0.717) is 24.6 Å². The Morgan fingerprint density at radius 1 is 1.07 bits per heavy atom. The molecule has 0 bridgehead atoms. The van der Waals surface area contributed by atoms with Crippen LogP contribution in [0.1, 0.15) is 50.3 Å². The minimum atomic E-state index is -3.34. The molecule has 1 aliphatic heterocycles. The number of ether oxygens (including phenoxy) is 1. The highest BCUT2D eigenvalue weighted by molar-refractivity contribution is 8.63. The van der Waals surface area contributed by atoms with Gasteiger partial charge in [0, 0.05) is 35.6 Å². The van der Waals surface area contributed by atoms with Crippen LogP contribution in [0.15, 0.2) is 42.5 Å². The van der Waals surface area contributed by atoms with E-state index in [1.165, 1.54) is 0 Å². The van der Waals surface area contributed by atoms with Crippen LogP contribution in [0.4, 0.5) is 0 Å². The maximum atomic E-state index is 13.6. The first-order valence-corrected chi connectivity index (χ1v) is 13.1. The lowest BCUT2D eigenvalue weighted by Gasteiger charge is -2.31. The smallest absolute Gasteiger partial charge is 0.336 e. The van der Waals surface area contributed by atoms with Crippen molar-refractivity contribution in [3.05, 3.63) is 59.2 Å². The molecule has 156 valence electrons. The second-order valence-electron chi connectivity index (χ2n) is 6.69. The molecule has 2 aromatic rings. The number of benzene rings is 2. The highest BCUT2D eigenvalue weighted by Crippen LogP contribution is 2.64. The van der Waals surface area contributed by atoms with E-state index in [2.05, 4.69) is 6.92 Å². The number of aryl methyl sites for hydroxylation is 1. The molecular weight excluding hydrogens is 405 g/mol. The predicted octanol–water partition coefficient (Wildman–Crippen LogP) is 6.23. The number of carbonyl (C=O) groups is 1. The summed E-state index contributed by atoms with van der Waals surface area (Å²) in [7, 11) is 0. The average molecular weight is 434 g/mol. The first-order chi connectivity index (χ1) is 14.0. The molecule has 0 saturated carbocycles. The van der Waals surface area contributed by atoms with Crippen LogP contribution in [0.5, 0.6) is 11.5 Å². The highest BCUT2D eigenvalue weighted by atomic mass is 32.7. The number of carbonyl (C=O) groups excluding carboxylic acids is 1. The largest absolute Gasteiger partial charge is 0.457 e. The van der Waals surface area contributed by atoms with Crippen LogP contribution in [-0.2, 0) is 20.3 Å². The second-order valence-corrected chi connectivity index (χ2v) is 11.0. The van der Waals surface area contributed by atoms with Crippen molar-refractivity contribution in [2.24, 2.45) is 0 Å². The molecule has 5 nitrogen and oxygen atoms in total. The van der Waals surface area contributed by atoms with Crippen LogP contribution >= 0.6 is 18.1 Å². The van der Waals surface area contributed by atoms with Gasteiger partial charge in [-0.1, -0.05) is 51.1 Å². The normalized spacial score (nSPS) is 17.2. The fraction of sp³-hybridized carbons (Fsp3) is 0.409. The molecule has 3 rings (SSSR count). The molecule has 29 heavy (non-hydrogen) atoms. The maximum absolute atomic E-state index is 13.6. The van der Waals surface area contributed by atoms with E-state index < -0.39 is 12.6 Å². The number of nitrogens with zero attached hydrogens (tertiary/aromatic N) is 1. The van der Waals surface area contributed by atoms with Gasteiger partial charge in [-0.3, -0.25) is 9.36 Å². The zero-order valence-electron chi connectivity index (χ0n) is 17.4. The van der Waals surface area contributed by atoms with E-state index in [9.17, 15) is 9.36 Å². The van der Waals surface area contributed by atoms with Gasteiger partial charge in [0.1, 0.15) is 11.5 Å². The first kappa shape index (κ1) is 22.1. The van der Waals surface area contributed by atoms with Crippen molar-refractivity contribution in [1.82, 2.24) is 4.67 Å². The first-order valence-electron chi connectivity index (χ1n) is 10.1. The fourth-order valence-corrected chi connectivity index (χ4v) is 8.15. The minimum Gasteiger partial charge on any atom is -0.457 e. The summed E-state index contributed by atoms with van der Waals surface area (Å²) in [5.74, 6) is 0.817. The Balaban J connectivity index is 2.08. The summed E-state index contributed by atoms with van der Waals surface area (Å²) < 4.78 is 27.1. The number of para-hydroxylation sites is 1. The van der Waals surface area contributed by atoms with E-state index in [1.807, 2.05) is 56.3 Å². The summed E-state index contributed by atoms with van der Waals surface area (Å²) in [6.07, 6.45) is 0.780. The molecule has 0 aromatic heterocycles. The number of hydrogen-bond acceptors (Lipinski definition) is 5. The van der Waals surface area contributed by atoms with Gasteiger partial charge in [0.25, 0.3) is 0 Å². The molecule has 0 saturated heterocycles. The lowest BCUT2D eigenvalue weighted by atomic mass is 9.85. The van der Waals surface area contributed by atoms with Crippen LogP contribution < -0.4 is 4.74 Å². The van der Waals surface area contributed by atoms with Gasteiger partial charge in [-0.15, -0.1) is 0 Å². The lowest BCUT2D eigenvalue weighted by molar-refractivity contribution is -0.111. The fourth-order valence-electron chi connectivity index (χ4n) is 3.71. The monoisotopic (exact) mass is 433 g/mol. The summed E-state index contributed by atoms with van der Waals surface area (Å²) in [6, 6.07) is 13.4. The van der Waals surface area contributed by atoms with E-state index in [-0.39, 0.29) is 11.7 Å². The zero-order chi connectivity index (χ0) is 21.0. The van der Waals surface area contributed by atoms with Crippen LogP contribution in [0.3, 0.4) is 0 Å². The third-order valence-corrected chi connectivity index (χ3v) is 9.82.